The van der Waals surface area contributed by atoms with Crippen molar-refractivity contribution in [1.82, 2.24) is 9.97 Å². The first-order chi connectivity index (χ1) is 12.6. The Bertz CT molecular complexity index is 626. The summed E-state index contributed by atoms with van der Waals surface area (Å²) in [6.07, 6.45) is 11.5. The summed E-state index contributed by atoms with van der Waals surface area (Å²) in [5.74, 6) is 3.73. The molecule has 0 saturated heterocycles. The third-order valence-electron chi connectivity index (χ3n) is 7.20. The van der Waals surface area contributed by atoms with Gasteiger partial charge in [0, 0.05) is 11.9 Å². The molecule has 0 aliphatic heterocycles. The zero-order valence-electron chi connectivity index (χ0n) is 18.8. The molecule has 3 rings (SSSR count). The Morgan fingerprint density at radius 1 is 1.19 bits per heavy atom. The van der Waals surface area contributed by atoms with Gasteiger partial charge in [0.2, 0.25) is 8.32 Å². The molecule has 4 atom stereocenters. The molecule has 1 N–H and O–H groups in total. The van der Waals surface area contributed by atoms with Crippen molar-refractivity contribution >= 4 is 22.1 Å². The molecular weight excluding hydrogens is 364 g/mol. The second-order valence-electron chi connectivity index (χ2n) is 10.8. The normalized spacial score (nSPS) is 28.4. The fourth-order valence-electron chi connectivity index (χ4n) is 6.02. The number of nitrogens with one attached hydrogen (secondary N) is 1. The number of aryl methyl sites for hydroxylation is 1. The first-order valence-electron chi connectivity index (χ1n) is 11.4. The molecule has 0 radical (unpaired) electrons. The number of nitrogens with zero attached hydrogens (tertiary/aromatic N) is 1. The van der Waals surface area contributed by atoms with E-state index in [4.69, 9.17) is 9.10 Å². The van der Waals surface area contributed by atoms with Crippen molar-refractivity contribution in [2.75, 3.05) is 0 Å². The number of imidazole rings is 1. The van der Waals surface area contributed by atoms with E-state index < -0.39 is 16.6 Å². The summed E-state index contributed by atoms with van der Waals surface area (Å²) in [7, 11) is -3.73. The predicted molar refractivity (Wildman–Crippen MR) is 120 cm³/mol. The second-order valence-corrected chi connectivity index (χ2v) is 19.1. The molecule has 1 aromatic heterocycles. The molecule has 2 aliphatic carbocycles. The summed E-state index contributed by atoms with van der Waals surface area (Å²) in [5.41, 5.74) is 3.26. The largest absolute Gasteiger partial charge is 0.450 e. The Labute approximate surface area is 169 Å². The lowest BCUT2D eigenvalue weighted by Gasteiger charge is -2.42. The molecular formula is C22H42N2OSi2. The number of hydrogen-bond acceptors (Lipinski definition) is 2. The van der Waals surface area contributed by atoms with Crippen molar-refractivity contribution in [2.24, 2.45) is 23.7 Å². The minimum absolute atomic E-state index is 0.840. The summed E-state index contributed by atoms with van der Waals surface area (Å²) < 4.78 is 7.10. The fourth-order valence-corrected chi connectivity index (χ4v) is 15.4. The van der Waals surface area contributed by atoms with Crippen LogP contribution in [-0.2, 0) is 10.5 Å². The Morgan fingerprint density at radius 2 is 1.93 bits per heavy atom. The van der Waals surface area contributed by atoms with Crippen molar-refractivity contribution in [3.8, 4) is 0 Å². The third kappa shape index (κ3) is 4.78. The van der Waals surface area contributed by atoms with Crippen LogP contribution in [0, 0.1) is 23.7 Å². The number of hydrogen-bond donors (Lipinski definition) is 1. The Kier molecular flexibility index (Phi) is 6.44. The lowest BCUT2D eigenvalue weighted by molar-refractivity contribution is 0.280. The fraction of sp³-hybridized carbons (Fsp3) is 0.864. The first kappa shape index (κ1) is 21.3. The summed E-state index contributed by atoms with van der Waals surface area (Å²) in [4.78, 5) is 8.32. The molecule has 2 aliphatic rings. The molecule has 2 fully saturated rings. The van der Waals surface area contributed by atoms with Crippen LogP contribution in [0.25, 0.3) is 0 Å². The van der Waals surface area contributed by atoms with Gasteiger partial charge in [0.1, 0.15) is 5.45 Å². The maximum absolute atomic E-state index is 7.10. The van der Waals surface area contributed by atoms with Crippen LogP contribution in [-0.4, -0.2) is 26.6 Å². The summed E-state index contributed by atoms with van der Waals surface area (Å²) >= 11 is 0. The molecule has 0 spiro atoms. The van der Waals surface area contributed by atoms with Gasteiger partial charge in [-0.25, -0.2) is 4.98 Å². The van der Waals surface area contributed by atoms with Crippen LogP contribution in [0.4, 0.5) is 0 Å². The van der Waals surface area contributed by atoms with Crippen LogP contribution in [0.1, 0.15) is 65.0 Å². The lowest BCUT2D eigenvalue weighted by Crippen LogP contribution is -2.56. The van der Waals surface area contributed by atoms with Gasteiger partial charge in [-0.05, 0) is 87.5 Å². The van der Waals surface area contributed by atoms with Crippen molar-refractivity contribution in [3.05, 3.63) is 11.9 Å². The molecule has 154 valence electrons. The molecule has 1 aromatic rings. The molecule has 27 heavy (non-hydrogen) atoms. The van der Waals surface area contributed by atoms with E-state index in [1.807, 2.05) is 6.20 Å². The molecule has 3 nitrogen and oxygen atoms in total. The lowest BCUT2D eigenvalue weighted by atomic mass is 9.83. The van der Waals surface area contributed by atoms with Gasteiger partial charge in [0.15, 0.2) is 8.32 Å². The predicted octanol–water partition coefficient (Wildman–Crippen LogP) is 5.85. The molecule has 5 heteroatoms. The molecule has 0 amide bonds. The van der Waals surface area contributed by atoms with E-state index in [1.54, 1.807) is 0 Å². The summed E-state index contributed by atoms with van der Waals surface area (Å²) in [5, 5.41) is 0. The highest BCUT2D eigenvalue weighted by Gasteiger charge is 2.54. The topological polar surface area (TPSA) is 37.9 Å². The second kappa shape index (κ2) is 8.15. The van der Waals surface area contributed by atoms with Crippen molar-refractivity contribution in [1.29, 1.82) is 0 Å². The van der Waals surface area contributed by atoms with Crippen molar-refractivity contribution in [2.45, 2.75) is 97.4 Å². The van der Waals surface area contributed by atoms with E-state index in [1.165, 1.54) is 37.8 Å². The van der Waals surface area contributed by atoms with Crippen LogP contribution < -0.4 is 5.45 Å². The van der Waals surface area contributed by atoms with Crippen LogP contribution in [0.2, 0.25) is 31.7 Å². The maximum Gasteiger partial charge on any atom is 0.247 e. The molecule has 1 unspecified atom stereocenters. The number of aromatic amines is 1. The number of aromatic nitrogens is 2. The van der Waals surface area contributed by atoms with Gasteiger partial charge in [-0.2, -0.15) is 0 Å². The average Bonchev–Trinajstić information content (AvgIpc) is 3.27. The van der Waals surface area contributed by atoms with Gasteiger partial charge in [-0.1, -0.05) is 33.6 Å². The SMILES string of the molecule is CCCc1cnc([Si](C)(C)O[Si](C)(C)C2C[C@@H]3C[C@H](CCC(C)C)[C@H]2C3)[nH]1. The summed E-state index contributed by atoms with van der Waals surface area (Å²) in [6.45, 7) is 16.7. The van der Waals surface area contributed by atoms with E-state index in [9.17, 15) is 0 Å². The molecule has 1 heterocycles. The van der Waals surface area contributed by atoms with E-state index in [2.05, 4.69) is 51.9 Å². The smallest absolute Gasteiger partial charge is 0.247 e. The van der Waals surface area contributed by atoms with Gasteiger partial charge in [-0.15, -0.1) is 0 Å². The van der Waals surface area contributed by atoms with Crippen LogP contribution in [0.5, 0.6) is 0 Å². The van der Waals surface area contributed by atoms with E-state index in [0.717, 1.165) is 47.5 Å². The Hall–Kier alpha value is -0.396. The zero-order chi connectivity index (χ0) is 19.8. The van der Waals surface area contributed by atoms with Crippen LogP contribution in [0.3, 0.4) is 0 Å². The Morgan fingerprint density at radius 3 is 2.56 bits per heavy atom. The minimum Gasteiger partial charge on any atom is -0.450 e. The van der Waals surface area contributed by atoms with Gasteiger partial charge in [-0.3, -0.25) is 0 Å². The first-order valence-corrected chi connectivity index (χ1v) is 17.3. The number of rotatable bonds is 9. The Balaban J connectivity index is 1.68. The van der Waals surface area contributed by atoms with E-state index in [0.29, 0.717) is 0 Å². The van der Waals surface area contributed by atoms with Gasteiger partial charge < -0.3 is 9.10 Å². The molecule has 2 bridgehead atoms. The van der Waals surface area contributed by atoms with Gasteiger partial charge >= 0.3 is 0 Å². The van der Waals surface area contributed by atoms with E-state index >= 15 is 0 Å². The quantitative estimate of drug-likeness (QED) is 0.522. The molecule has 2 saturated carbocycles. The highest BCUT2D eigenvalue weighted by Crippen LogP contribution is 2.59. The highest BCUT2D eigenvalue weighted by atomic mass is 28.4. The molecule has 0 aromatic carbocycles. The summed E-state index contributed by atoms with van der Waals surface area (Å²) in [6, 6.07) is 0. The van der Waals surface area contributed by atoms with Gasteiger partial charge in [0.25, 0.3) is 0 Å². The number of H-pyrrole nitrogens is 1. The highest BCUT2D eigenvalue weighted by molar-refractivity contribution is 6.92. The monoisotopic (exact) mass is 406 g/mol. The standard InChI is InChI=1S/C22H42N2OSi2/c1-8-9-19-15-23-22(24-19)27(6,7)25-26(4,5)21-14-17-12-18(20(21)13-17)11-10-16(2)3/h15-18,20-21H,8-14H2,1-7H3,(H,23,24)/t17-,18+,20-,21?/m1/s1. The third-order valence-corrected chi connectivity index (χ3v) is 15.2. The van der Waals surface area contributed by atoms with Gasteiger partial charge in [0.05, 0.1) is 0 Å². The van der Waals surface area contributed by atoms with Crippen LogP contribution in [0.15, 0.2) is 6.20 Å². The zero-order valence-corrected chi connectivity index (χ0v) is 20.8. The number of fused-ring (bicyclic) bond motifs is 2. The average molecular weight is 407 g/mol. The maximum atomic E-state index is 7.10. The van der Waals surface area contributed by atoms with Crippen molar-refractivity contribution < 1.29 is 4.12 Å². The van der Waals surface area contributed by atoms with E-state index in [-0.39, 0.29) is 0 Å². The minimum atomic E-state index is -1.98. The van der Waals surface area contributed by atoms with Crippen LogP contribution >= 0.6 is 0 Å². The van der Waals surface area contributed by atoms with Crippen molar-refractivity contribution in [3.63, 3.8) is 0 Å².